The van der Waals surface area contributed by atoms with Crippen LogP contribution in [0.25, 0.3) is 0 Å². The van der Waals surface area contributed by atoms with Gasteiger partial charge >= 0.3 is 6.03 Å². The molecule has 2 heterocycles. The molecule has 1 spiro atoms. The fraction of sp³-hybridized carbons (Fsp3) is 0.480. The summed E-state index contributed by atoms with van der Waals surface area (Å²) in [6.07, 6.45) is 4.53. The number of likely N-dealkylation sites (tertiary alicyclic amines) is 2. The molecule has 0 unspecified atom stereocenters. The third-order valence-electron chi connectivity index (χ3n) is 6.81. The number of amides is 2. The molecule has 2 amide bonds. The Kier molecular flexibility index (Phi) is 7.10. The summed E-state index contributed by atoms with van der Waals surface area (Å²) >= 11 is 12.2. The van der Waals surface area contributed by atoms with Crippen molar-refractivity contribution in [2.75, 3.05) is 26.2 Å². The van der Waals surface area contributed by atoms with Gasteiger partial charge in [0.05, 0.1) is 10.0 Å². The van der Waals surface area contributed by atoms with Gasteiger partial charge in [-0.1, -0.05) is 59.1 Å². The predicted molar refractivity (Wildman–Crippen MR) is 128 cm³/mol. The Morgan fingerprint density at radius 2 is 1.71 bits per heavy atom. The van der Waals surface area contributed by atoms with Gasteiger partial charge in [-0.15, -0.1) is 0 Å². The molecule has 2 saturated heterocycles. The number of nitrogens with zero attached hydrogens (tertiary/aromatic N) is 2. The smallest absolute Gasteiger partial charge is 0.317 e. The second kappa shape index (κ2) is 9.81. The lowest BCUT2D eigenvalue weighted by atomic mass is 9.80. The van der Waals surface area contributed by atoms with E-state index in [0.717, 1.165) is 51.1 Å². The van der Waals surface area contributed by atoms with Crippen LogP contribution in [0.1, 0.15) is 42.4 Å². The van der Waals surface area contributed by atoms with E-state index in [2.05, 4.69) is 47.5 Å². The number of halogens is 2. The maximum atomic E-state index is 12.7. The van der Waals surface area contributed by atoms with Gasteiger partial charge in [0.15, 0.2) is 0 Å². The van der Waals surface area contributed by atoms with E-state index in [1.165, 1.54) is 24.0 Å². The van der Waals surface area contributed by atoms with Crippen molar-refractivity contribution in [3.63, 3.8) is 0 Å². The van der Waals surface area contributed by atoms with Crippen LogP contribution in [0.15, 0.2) is 42.5 Å². The molecular weight excluding hydrogens is 429 g/mol. The van der Waals surface area contributed by atoms with Gasteiger partial charge in [0.1, 0.15) is 0 Å². The number of hydrogen-bond acceptors (Lipinski definition) is 2. The lowest BCUT2D eigenvalue weighted by Crippen LogP contribution is -2.40. The summed E-state index contributed by atoms with van der Waals surface area (Å²) in [6.45, 7) is 7.42. The summed E-state index contributed by atoms with van der Waals surface area (Å²) in [5, 5.41) is 4.32. The highest BCUT2D eigenvalue weighted by Crippen LogP contribution is 2.41. The maximum absolute atomic E-state index is 12.7. The second-order valence-electron chi connectivity index (χ2n) is 9.19. The molecule has 2 aromatic carbocycles. The Bertz CT molecular complexity index is 917. The van der Waals surface area contributed by atoms with Gasteiger partial charge in [-0.2, -0.15) is 0 Å². The summed E-state index contributed by atoms with van der Waals surface area (Å²) < 4.78 is 0. The standard InChI is InChI=1S/C25H31Cl2N3O/c1-19-3-5-20(6-4-19)16-28-24(31)30-12-2-9-25(11-14-30)10-13-29(18-25)17-21-7-8-22(26)23(27)15-21/h3-8,15H,2,9-14,16-18H2,1H3,(H,28,31)/t25-/m0/s1. The monoisotopic (exact) mass is 459 g/mol. The first kappa shape index (κ1) is 22.4. The number of benzene rings is 2. The van der Waals surface area contributed by atoms with Gasteiger partial charge in [-0.3, -0.25) is 4.90 Å². The summed E-state index contributed by atoms with van der Waals surface area (Å²) in [6, 6.07) is 14.3. The molecule has 2 aliphatic heterocycles. The fourth-order valence-electron chi connectivity index (χ4n) is 4.92. The SMILES string of the molecule is Cc1ccc(CNC(=O)N2CCC[C@]3(CCN(Cc4ccc(Cl)c(Cl)c4)C3)CC2)cc1. The Morgan fingerprint density at radius 3 is 2.48 bits per heavy atom. The first-order valence-corrected chi connectivity index (χ1v) is 11.9. The normalized spacial score (nSPS) is 22.0. The Balaban J connectivity index is 1.28. The van der Waals surface area contributed by atoms with Gasteiger partial charge in [-0.25, -0.2) is 4.79 Å². The molecule has 31 heavy (non-hydrogen) atoms. The van der Waals surface area contributed by atoms with Crippen LogP contribution in [0.4, 0.5) is 4.79 Å². The van der Waals surface area contributed by atoms with Crippen LogP contribution in [0.3, 0.4) is 0 Å². The van der Waals surface area contributed by atoms with Crippen molar-refractivity contribution in [1.29, 1.82) is 0 Å². The third kappa shape index (κ3) is 5.74. The van der Waals surface area contributed by atoms with Crippen LogP contribution < -0.4 is 5.32 Å². The van der Waals surface area contributed by atoms with Crippen LogP contribution in [0, 0.1) is 12.3 Å². The number of rotatable bonds is 4. The number of nitrogens with one attached hydrogen (secondary N) is 1. The van der Waals surface area contributed by atoms with E-state index in [-0.39, 0.29) is 6.03 Å². The molecule has 1 N–H and O–H groups in total. The molecule has 1 atom stereocenters. The van der Waals surface area contributed by atoms with Crippen LogP contribution in [0.2, 0.25) is 10.0 Å². The van der Waals surface area contributed by atoms with Crippen molar-refractivity contribution in [3.05, 3.63) is 69.2 Å². The molecule has 2 fully saturated rings. The van der Waals surface area contributed by atoms with E-state index in [1.54, 1.807) is 0 Å². The minimum atomic E-state index is 0.0586. The minimum Gasteiger partial charge on any atom is -0.334 e. The van der Waals surface area contributed by atoms with Gasteiger partial charge < -0.3 is 10.2 Å². The molecule has 0 aliphatic carbocycles. The highest BCUT2D eigenvalue weighted by atomic mass is 35.5. The molecule has 6 heteroatoms. The van der Waals surface area contributed by atoms with Crippen molar-refractivity contribution in [2.24, 2.45) is 5.41 Å². The molecule has 0 aromatic heterocycles. The average molecular weight is 460 g/mol. The van der Waals surface area contributed by atoms with E-state index >= 15 is 0 Å². The molecule has 4 rings (SSSR count). The van der Waals surface area contributed by atoms with Gasteiger partial charge in [0.25, 0.3) is 0 Å². The van der Waals surface area contributed by atoms with E-state index in [1.807, 2.05) is 17.0 Å². The number of carbonyl (C=O) groups is 1. The number of carbonyl (C=O) groups excluding carboxylic acids is 1. The largest absolute Gasteiger partial charge is 0.334 e. The molecule has 0 bridgehead atoms. The minimum absolute atomic E-state index is 0.0586. The zero-order valence-corrected chi connectivity index (χ0v) is 19.7. The van der Waals surface area contributed by atoms with Crippen molar-refractivity contribution in [1.82, 2.24) is 15.1 Å². The second-order valence-corrected chi connectivity index (χ2v) is 10.0. The number of hydrogen-bond donors (Lipinski definition) is 1. The third-order valence-corrected chi connectivity index (χ3v) is 7.55. The highest BCUT2D eigenvalue weighted by Gasteiger charge is 2.39. The quantitative estimate of drug-likeness (QED) is 0.618. The van der Waals surface area contributed by atoms with E-state index in [0.29, 0.717) is 22.0 Å². The number of urea groups is 1. The van der Waals surface area contributed by atoms with Crippen LogP contribution in [0.5, 0.6) is 0 Å². The first-order valence-electron chi connectivity index (χ1n) is 11.2. The van der Waals surface area contributed by atoms with Crippen LogP contribution in [-0.2, 0) is 13.1 Å². The van der Waals surface area contributed by atoms with E-state index in [4.69, 9.17) is 23.2 Å². The maximum Gasteiger partial charge on any atom is 0.317 e. The average Bonchev–Trinajstić information content (AvgIpc) is 3.02. The molecule has 166 valence electrons. The summed E-state index contributed by atoms with van der Waals surface area (Å²) in [5.41, 5.74) is 3.90. The summed E-state index contributed by atoms with van der Waals surface area (Å²) in [7, 11) is 0. The van der Waals surface area contributed by atoms with Crippen molar-refractivity contribution in [2.45, 2.75) is 45.7 Å². The molecule has 4 nitrogen and oxygen atoms in total. The lowest BCUT2D eigenvalue weighted by Gasteiger charge is -2.28. The molecule has 0 saturated carbocycles. The van der Waals surface area contributed by atoms with Crippen molar-refractivity contribution >= 4 is 29.2 Å². The van der Waals surface area contributed by atoms with Gasteiger partial charge in [0.2, 0.25) is 0 Å². The summed E-state index contributed by atoms with van der Waals surface area (Å²) in [4.78, 5) is 17.3. The highest BCUT2D eigenvalue weighted by molar-refractivity contribution is 6.42. The molecule has 2 aromatic rings. The van der Waals surface area contributed by atoms with Crippen LogP contribution in [-0.4, -0.2) is 42.0 Å². The Morgan fingerprint density at radius 1 is 0.968 bits per heavy atom. The van der Waals surface area contributed by atoms with E-state index in [9.17, 15) is 4.79 Å². The van der Waals surface area contributed by atoms with Crippen LogP contribution >= 0.6 is 23.2 Å². The topological polar surface area (TPSA) is 35.6 Å². The zero-order valence-electron chi connectivity index (χ0n) is 18.2. The first-order chi connectivity index (χ1) is 14.9. The van der Waals surface area contributed by atoms with Crippen molar-refractivity contribution in [3.8, 4) is 0 Å². The Hall–Kier alpha value is -1.75. The summed E-state index contributed by atoms with van der Waals surface area (Å²) in [5.74, 6) is 0. The predicted octanol–water partition coefficient (Wildman–Crippen LogP) is 5.89. The Labute approximate surface area is 195 Å². The lowest BCUT2D eigenvalue weighted by molar-refractivity contribution is 0.192. The fourth-order valence-corrected chi connectivity index (χ4v) is 5.24. The molecular formula is C25H31Cl2N3O. The zero-order chi connectivity index (χ0) is 21.8. The van der Waals surface area contributed by atoms with Crippen molar-refractivity contribution < 1.29 is 4.79 Å². The number of aryl methyl sites for hydroxylation is 1. The van der Waals surface area contributed by atoms with Gasteiger partial charge in [-0.05, 0) is 67.8 Å². The molecule has 0 radical (unpaired) electrons. The van der Waals surface area contributed by atoms with Gasteiger partial charge in [0, 0.05) is 32.7 Å². The molecule has 2 aliphatic rings. The van der Waals surface area contributed by atoms with E-state index < -0.39 is 0 Å².